The van der Waals surface area contributed by atoms with E-state index in [-0.39, 0.29) is 5.54 Å². The van der Waals surface area contributed by atoms with E-state index in [0.29, 0.717) is 5.92 Å². The van der Waals surface area contributed by atoms with Gasteiger partial charge in [-0.15, -0.1) is 0 Å². The van der Waals surface area contributed by atoms with Crippen molar-refractivity contribution in [2.75, 3.05) is 0 Å². The maximum absolute atomic E-state index is 5.57. The fraction of sp³-hybridized carbons (Fsp3) is 0.833. The molecule has 0 rings (SSSR count). The highest BCUT2D eigenvalue weighted by Crippen LogP contribution is 2.09. The Morgan fingerprint density at radius 2 is 1.71 bits per heavy atom. The number of hydrogen-bond donors (Lipinski definition) is 1. The zero-order chi connectivity index (χ0) is 6.08. The van der Waals surface area contributed by atoms with Gasteiger partial charge in [-0.25, -0.2) is 0 Å². The molecule has 0 bridgehead atoms. The highest BCUT2D eigenvalue weighted by Gasteiger charge is 2.14. The van der Waals surface area contributed by atoms with Gasteiger partial charge < -0.3 is 5.73 Å². The molecule has 0 saturated carbocycles. The first-order valence-electron chi connectivity index (χ1n) is 2.59. The van der Waals surface area contributed by atoms with Gasteiger partial charge in [0.1, 0.15) is 0 Å². The van der Waals surface area contributed by atoms with Gasteiger partial charge in [0.25, 0.3) is 0 Å². The van der Waals surface area contributed by atoms with Gasteiger partial charge in [-0.2, -0.15) is 0 Å². The van der Waals surface area contributed by atoms with Crippen LogP contribution in [-0.4, -0.2) is 5.54 Å². The lowest BCUT2D eigenvalue weighted by Gasteiger charge is -2.22. The van der Waals surface area contributed by atoms with Crippen LogP contribution in [0.5, 0.6) is 0 Å². The fourth-order valence-corrected chi connectivity index (χ4v) is 0. The van der Waals surface area contributed by atoms with Crippen molar-refractivity contribution >= 4 is 0 Å². The summed E-state index contributed by atoms with van der Waals surface area (Å²) in [6, 6.07) is 0. The van der Waals surface area contributed by atoms with Gasteiger partial charge in [0.15, 0.2) is 0 Å². The molecule has 43 valence electrons. The molecular formula is C6H14N. The van der Waals surface area contributed by atoms with Crippen molar-refractivity contribution in [3.05, 3.63) is 6.92 Å². The van der Waals surface area contributed by atoms with Gasteiger partial charge >= 0.3 is 0 Å². The van der Waals surface area contributed by atoms with Crippen molar-refractivity contribution < 1.29 is 0 Å². The Bertz CT molecular complexity index is 49.7. The summed E-state index contributed by atoms with van der Waals surface area (Å²) in [4.78, 5) is 0. The summed E-state index contributed by atoms with van der Waals surface area (Å²) in [7, 11) is 0. The molecule has 0 aliphatic carbocycles. The molecule has 0 aliphatic heterocycles. The predicted molar refractivity (Wildman–Crippen MR) is 32.8 cm³/mol. The van der Waals surface area contributed by atoms with Crippen LogP contribution in [-0.2, 0) is 0 Å². The van der Waals surface area contributed by atoms with Crippen molar-refractivity contribution in [1.82, 2.24) is 0 Å². The third-order valence-corrected chi connectivity index (χ3v) is 1.32. The SMILES string of the molecule is [CH2]C(C)(N)C(C)C. The van der Waals surface area contributed by atoms with Crippen LogP contribution < -0.4 is 5.73 Å². The Morgan fingerprint density at radius 3 is 1.71 bits per heavy atom. The van der Waals surface area contributed by atoms with Gasteiger partial charge in [0.05, 0.1) is 0 Å². The minimum Gasteiger partial charge on any atom is -0.325 e. The Kier molecular flexibility index (Phi) is 1.82. The molecule has 0 aliphatic rings. The molecule has 0 aromatic heterocycles. The molecule has 0 fully saturated rings. The van der Waals surface area contributed by atoms with E-state index in [2.05, 4.69) is 20.8 Å². The normalized spacial score (nSPS) is 12.9. The summed E-state index contributed by atoms with van der Waals surface area (Å²) >= 11 is 0. The van der Waals surface area contributed by atoms with Gasteiger partial charge in [0, 0.05) is 5.54 Å². The van der Waals surface area contributed by atoms with Crippen LogP contribution in [0.2, 0.25) is 0 Å². The van der Waals surface area contributed by atoms with Crippen LogP contribution >= 0.6 is 0 Å². The zero-order valence-electron chi connectivity index (χ0n) is 5.36. The summed E-state index contributed by atoms with van der Waals surface area (Å²) in [5.74, 6) is 0.465. The maximum atomic E-state index is 5.57. The maximum Gasteiger partial charge on any atom is 0.0149 e. The number of nitrogens with two attached hydrogens (primary N) is 1. The van der Waals surface area contributed by atoms with Crippen molar-refractivity contribution in [3.63, 3.8) is 0 Å². The third kappa shape index (κ3) is 2.63. The molecule has 0 aromatic carbocycles. The first kappa shape index (κ1) is 6.96. The second kappa shape index (κ2) is 1.83. The minimum absolute atomic E-state index is 0.250. The highest BCUT2D eigenvalue weighted by atomic mass is 14.7. The van der Waals surface area contributed by atoms with E-state index in [9.17, 15) is 0 Å². The molecule has 1 unspecified atom stereocenters. The highest BCUT2D eigenvalue weighted by molar-refractivity contribution is 4.83. The lowest BCUT2D eigenvalue weighted by atomic mass is 9.92. The Hall–Kier alpha value is -0.0400. The lowest BCUT2D eigenvalue weighted by Crippen LogP contribution is -2.38. The smallest absolute Gasteiger partial charge is 0.0149 e. The average Bonchev–Trinajstić information content (AvgIpc) is 1.31. The first-order chi connectivity index (χ1) is 2.94. The minimum atomic E-state index is -0.250. The van der Waals surface area contributed by atoms with E-state index in [0.717, 1.165) is 0 Å². The Balaban J connectivity index is 3.54. The summed E-state index contributed by atoms with van der Waals surface area (Å²) < 4.78 is 0. The molecule has 7 heavy (non-hydrogen) atoms. The van der Waals surface area contributed by atoms with Gasteiger partial charge in [0.2, 0.25) is 0 Å². The Labute approximate surface area is 45.9 Å². The quantitative estimate of drug-likeness (QED) is 0.526. The van der Waals surface area contributed by atoms with Crippen molar-refractivity contribution in [1.29, 1.82) is 0 Å². The standard InChI is InChI=1S/C6H14N/c1-5(2)6(3,4)7/h5H,3,7H2,1-2,4H3. The molecule has 2 N–H and O–H groups in total. The number of hydrogen-bond acceptors (Lipinski definition) is 1. The number of rotatable bonds is 1. The van der Waals surface area contributed by atoms with E-state index >= 15 is 0 Å². The van der Waals surface area contributed by atoms with E-state index in [1.54, 1.807) is 0 Å². The van der Waals surface area contributed by atoms with Gasteiger partial charge in [-0.3, -0.25) is 0 Å². The lowest BCUT2D eigenvalue weighted by molar-refractivity contribution is 0.416. The van der Waals surface area contributed by atoms with Crippen molar-refractivity contribution in [2.24, 2.45) is 11.7 Å². The first-order valence-corrected chi connectivity index (χ1v) is 2.59. The second-order valence-electron chi connectivity index (χ2n) is 2.66. The van der Waals surface area contributed by atoms with Crippen LogP contribution in [0.1, 0.15) is 20.8 Å². The van der Waals surface area contributed by atoms with Crippen molar-refractivity contribution in [2.45, 2.75) is 26.3 Å². The molecule has 0 aromatic rings. The topological polar surface area (TPSA) is 26.0 Å². The van der Waals surface area contributed by atoms with Crippen LogP contribution in [0.15, 0.2) is 0 Å². The second-order valence-corrected chi connectivity index (χ2v) is 2.66. The van der Waals surface area contributed by atoms with Crippen LogP contribution in [0.4, 0.5) is 0 Å². The fourth-order valence-electron chi connectivity index (χ4n) is 0. The predicted octanol–water partition coefficient (Wildman–Crippen LogP) is 1.19. The molecule has 1 radical (unpaired) electrons. The third-order valence-electron chi connectivity index (χ3n) is 1.32. The molecule has 0 saturated heterocycles. The molecule has 0 heterocycles. The molecular weight excluding hydrogens is 86.1 g/mol. The monoisotopic (exact) mass is 100 g/mol. The van der Waals surface area contributed by atoms with E-state index in [1.807, 2.05) is 6.92 Å². The van der Waals surface area contributed by atoms with Crippen LogP contribution in [0.25, 0.3) is 0 Å². The molecule has 1 nitrogen and oxygen atoms in total. The molecule has 0 amide bonds. The van der Waals surface area contributed by atoms with Crippen molar-refractivity contribution in [3.8, 4) is 0 Å². The van der Waals surface area contributed by atoms with Gasteiger partial charge in [-0.05, 0) is 19.8 Å². The zero-order valence-corrected chi connectivity index (χ0v) is 5.36. The molecule has 1 heteroatoms. The Morgan fingerprint density at radius 1 is 1.57 bits per heavy atom. The summed E-state index contributed by atoms with van der Waals surface area (Å²) in [5.41, 5.74) is 5.32. The van der Waals surface area contributed by atoms with Crippen LogP contribution in [0.3, 0.4) is 0 Å². The van der Waals surface area contributed by atoms with E-state index < -0.39 is 0 Å². The van der Waals surface area contributed by atoms with Crippen LogP contribution in [0, 0.1) is 12.8 Å². The summed E-state index contributed by atoms with van der Waals surface area (Å²) in [5, 5.41) is 0. The van der Waals surface area contributed by atoms with E-state index in [1.165, 1.54) is 0 Å². The molecule has 0 spiro atoms. The van der Waals surface area contributed by atoms with Gasteiger partial charge in [-0.1, -0.05) is 13.8 Å². The van der Waals surface area contributed by atoms with E-state index in [4.69, 9.17) is 5.73 Å². The average molecular weight is 100 g/mol. The largest absolute Gasteiger partial charge is 0.325 e. The molecule has 1 atom stereocenters. The summed E-state index contributed by atoms with van der Waals surface area (Å²) in [6.07, 6.45) is 0. The summed E-state index contributed by atoms with van der Waals surface area (Å²) in [6.45, 7) is 9.80.